The third kappa shape index (κ3) is 7.27. The van der Waals surface area contributed by atoms with Gasteiger partial charge in [-0.2, -0.15) is 0 Å². The molecule has 19 heavy (non-hydrogen) atoms. The molecule has 1 aliphatic heterocycles. The molecular formula is C13H22O6. The molecule has 0 N–H and O–H groups in total. The predicted octanol–water partition coefficient (Wildman–Crippen LogP) is 0.554. The van der Waals surface area contributed by atoms with Crippen molar-refractivity contribution in [2.45, 2.75) is 13.0 Å². The Labute approximate surface area is 113 Å². The minimum Gasteiger partial charge on any atom is -0.466 e. The maximum absolute atomic E-state index is 11.3. The lowest BCUT2D eigenvalue weighted by atomic mass is 10.2. The summed E-state index contributed by atoms with van der Waals surface area (Å²) >= 11 is 0. The third-order valence-electron chi connectivity index (χ3n) is 2.53. The van der Waals surface area contributed by atoms with Gasteiger partial charge in [0.05, 0.1) is 59.5 Å². The van der Waals surface area contributed by atoms with Crippen molar-refractivity contribution in [1.29, 1.82) is 0 Å². The maximum atomic E-state index is 11.3. The summed E-state index contributed by atoms with van der Waals surface area (Å²) in [4.78, 5) is 11.3. The predicted molar refractivity (Wildman–Crippen MR) is 68.0 cm³/mol. The van der Waals surface area contributed by atoms with Gasteiger partial charge in [-0.15, -0.1) is 0 Å². The highest BCUT2D eigenvalue weighted by Crippen LogP contribution is 2.04. The Hall–Kier alpha value is -0.950. The molecular weight excluding hydrogens is 252 g/mol. The van der Waals surface area contributed by atoms with Crippen LogP contribution in [0.5, 0.6) is 0 Å². The first-order valence-corrected chi connectivity index (χ1v) is 6.35. The van der Waals surface area contributed by atoms with E-state index in [9.17, 15) is 4.79 Å². The molecule has 0 saturated carbocycles. The molecule has 110 valence electrons. The van der Waals surface area contributed by atoms with E-state index in [0.717, 1.165) is 0 Å². The summed E-state index contributed by atoms with van der Waals surface area (Å²) in [6, 6.07) is 0. The zero-order valence-electron chi connectivity index (χ0n) is 11.6. The maximum Gasteiger partial charge on any atom is 0.333 e. The molecule has 6 heteroatoms. The summed E-state index contributed by atoms with van der Waals surface area (Å²) in [5.41, 5.74) is 0.500. The smallest absolute Gasteiger partial charge is 0.333 e. The average Bonchev–Trinajstić information content (AvgIpc) is 2.40. The van der Waals surface area contributed by atoms with Gasteiger partial charge in [-0.1, -0.05) is 0 Å². The van der Waals surface area contributed by atoms with Gasteiger partial charge in [0, 0.05) is 5.57 Å². The van der Waals surface area contributed by atoms with Crippen molar-refractivity contribution in [2.75, 3.05) is 53.4 Å². The lowest BCUT2D eigenvalue weighted by molar-refractivity contribution is -0.136. The van der Waals surface area contributed by atoms with Crippen LogP contribution in [0.2, 0.25) is 0 Å². The van der Waals surface area contributed by atoms with Gasteiger partial charge < -0.3 is 23.7 Å². The lowest BCUT2D eigenvalue weighted by Crippen LogP contribution is -2.24. The Bertz CT molecular complexity index is 277. The van der Waals surface area contributed by atoms with Crippen molar-refractivity contribution < 1.29 is 28.5 Å². The standard InChI is InChI=1S/C13H22O6/c1-11(13(14)15-2)9-12-10-18-6-5-16-3-4-17-7-8-19-12/h9,12H,3-8,10H2,1-2H3. The van der Waals surface area contributed by atoms with Crippen LogP contribution in [0.1, 0.15) is 6.92 Å². The summed E-state index contributed by atoms with van der Waals surface area (Å²) in [6.07, 6.45) is 1.42. The van der Waals surface area contributed by atoms with E-state index in [1.165, 1.54) is 7.11 Å². The van der Waals surface area contributed by atoms with Crippen molar-refractivity contribution in [3.05, 3.63) is 11.6 Å². The minimum absolute atomic E-state index is 0.290. The molecule has 1 saturated heterocycles. The Balaban J connectivity index is 2.48. The topological polar surface area (TPSA) is 63.2 Å². The Kier molecular flexibility index (Phi) is 8.40. The molecule has 1 aliphatic rings. The van der Waals surface area contributed by atoms with Crippen LogP contribution in [0, 0.1) is 0 Å². The highest BCUT2D eigenvalue weighted by atomic mass is 16.6. The lowest BCUT2D eigenvalue weighted by Gasteiger charge is -2.17. The second-order valence-electron chi connectivity index (χ2n) is 4.05. The van der Waals surface area contributed by atoms with Crippen LogP contribution in [0.4, 0.5) is 0 Å². The fourth-order valence-electron chi connectivity index (χ4n) is 1.55. The van der Waals surface area contributed by atoms with Crippen molar-refractivity contribution in [1.82, 2.24) is 0 Å². The van der Waals surface area contributed by atoms with E-state index < -0.39 is 0 Å². The largest absolute Gasteiger partial charge is 0.466 e. The number of hydrogen-bond donors (Lipinski definition) is 0. The van der Waals surface area contributed by atoms with Gasteiger partial charge in [-0.25, -0.2) is 4.79 Å². The fourth-order valence-corrected chi connectivity index (χ4v) is 1.55. The van der Waals surface area contributed by atoms with E-state index in [-0.39, 0.29) is 12.1 Å². The molecule has 1 rings (SSSR count). The highest BCUT2D eigenvalue weighted by molar-refractivity contribution is 5.87. The molecule has 0 aliphatic carbocycles. The number of carbonyl (C=O) groups is 1. The molecule has 1 fully saturated rings. The Morgan fingerprint density at radius 2 is 1.63 bits per heavy atom. The minimum atomic E-state index is -0.366. The van der Waals surface area contributed by atoms with E-state index in [0.29, 0.717) is 51.8 Å². The van der Waals surface area contributed by atoms with Crippen LogP contribution in [0.25, 0.3) is 0 Å². The second-order valence-corrected chi connectivity index (χ2v) is 4.05. The van der Waals surface area contributed by atoms with Crippen molar-refractivity contribution >= 4 is 5.97 Å². The van der Waals surface area contributed by atoms with Crippen LogP contribution in [-0.4, -0.2) is 65.4 Å². The van der Waals surface area contributed by atoms with Gasteiger partial charge >= 0.3 is 5.97 Å². The molecule has 6 nitrogen and oxygen atoms in total. The van der Waals surface area contributed by atoms with Crippen LogP contribution in [0.3, 0.4) is 0 Å². The van der Waals surface area contributed by atoms with Gasteiger partial charge in [0.15, 0.2) is 0 Å². The molecule has 0 aromatic rings. The molecule has 0 aromatic carbocycles. The summed E-state index contributed by atoms with van der Waals surface area (Å²) in [5, 5.41) is 0. The first kappa shape index (κ1) is 16.1. The first-order valence-electron chi connectivity index (χ1n) is 6.35. The monoisotopic (exact) mass is 274 g/mol. The average molecular weight is 274 g/mol. The van der Waals surface area contributed by atoms with Crippen molar-refractivity contribution in [3.63, 3.8) is 0 Å². The molecule has 0 amide bonds. The van der Waals surface area contributed by atoms with E-state index >= 15 is 0 Å². The SMILES string of the molecule is COC(=O)C(C)=CC1COCCOCCOCCO1. The molecule has 0 spiro atoms. The van der Waals surface area contributed by atoms with E-state index in [1.54, 1.807) is 13.0 Å². The highest BCUT2D eigenvalue weighted by Gasteiger charge is 2.11. The quantitative estimate of drug-likeness (QED) is 0.541. The van der Waals surface area contributed by atoms with Crippen LogP contribution in [-0.2, 0) is 28.5 Å². The Morgan fingerprint density at radius 1 is 1.05 bits per heavy atom. The van der Waals surface area contributed by atoms with Crippen molar-refractivity contribution in [3.8, 4) is 0 Å². The van der Waals surface area contributed by atoms with Crippen LogP contribution < -0.4 is 0 Å². The normalized spacial score (nSPS) is 24.1. The molecule has 0 radical (unpaired) electrons. The summed E-state index contributed by atoms with van der Waals surface area (Å²) in [6.45, 7) is 5.12. The molecule has 0 aromatic heterocycles. The van der Waals surface area contributed by atoms with E-state index in [1.807, 2.05) is 0 Å². The van der Waals surface area contributed by atoms with Crippen molar-refractivity contribution in [2.24, 2.45) is 0 Å². The van der Waals surface area contributed by atoms with Gasteiger partial charge in [0.1, 0.15) is 0 Å². The number of ether oxygens (including phenoxy) is 5. The number of rotatable bonds is 2. The summed E-state index contributed by atoms with van der Waals surface area (Å²) in [7, 11) is 1.35. The number of hydrogen-bond acceptors (Lipinski definition) is 6. The number of esters is 1. The molecule has 1 atom stereocenters. The van der Waals surface area contributed by atoms with Gasteiger partial charge in [0.2, 0.25) is 0 Å². The van der Waals surface area contributed by atoms with Crippen LogP contribution >= 0.6 is 0 Å². The Morgan fingerprint density at radius 3 is 2.26 bits per heavy atom. The van der Waals surface area contributed by atoms with Crippen LogP contribution in [0.15, 0.2) is 11.6 Å². The summed E-state index contributed by atoms with van der Waals surface area (Å²) in [5.74, 6) is -0.366. The van der Waals surface area contributed by atoms with Gasteiger partial charge in [-0.05, 0) is 13.0 Å². The zero-order valence-corrected chi connectivity index (χ0v) is 11.6. The number of methoxy groups -OCH3 is 1. The van der Waals surface area contributed by atoms with E-state index in [2.05, 4.69) is 4.74 Å². The molecule has 1 heterocycles. The first-order chi connectivity index (χ1) is 9.24. The third-order valence-corrected chi connectivity index (χ3v) is 2.53. The number of carbonyl (C=O) groups excluding carboxylic acids is 1. The van der Waals surface area contributed by atoms with Gasteiger partial charge in [-0.3, -0.25) is 0 Å². The van der Waals surface area contributed by atoms with Gasteiger partial charge in [0.25, 0.3) is 0 Å². The molecule has 1 unspecified atom stereocenters. The second kappa shape index (κ2) is 9.91. The molecule has 0 bridgehead atoms. The summed E-state index contributed by atoms with van der Waals surface area (Å²) < 4.78 is 26.3. The van der Waals surface area contributed by atoms with E-state index in [4.69, 9.17) is 18.9 Å². The fraction of sp³-hybridized carbons (Fsp3) is 0.769. The zero-order chi connectivity index (χ0) is 13.9.